The van der Waals surface area contributed by atoms with E-state index in [0.717, 1.165) is 12.5 Å². The zero-order chi connectivity index (χ0) is 7.68. The number of aliphatic hydroxyl groups excluding tert-OH is 1. The van der Waals surface area contributed by atoms with Crippen molar-refractivity contribution in [3.05, 3.63) is 0 Å². The zero-order valence-corrected chi connectivity index (χ0v) is 6.92. The van der Waals surface area contributed by atoms with Crippen LogP contribution in [-0.4, -0.2) is 23.3 Å². The van der Waals surface area contributed by atoms with Crippen molar-refractivity contribution in [3.63, 3.8) is 0 Å². The van der Waals surface area contributed by atoms with E-state index in [4.69, 9.17) is 0 Å². The van der Waals surface area contributed by atoms with Crippen LogP contribution < -0.4 is 5.32 Å². The van der Waals surface area contributed by atoms with E-state index in [1.807, 2.05) is 0 Å². The molecule has 0 aromatic heterocycles. The van der Waals surface area contributed by atoms with Crippen LogP contribution in [0.3, 0.4) is 0 Å². The lowest BCUT2D eigenvalue weighted by Crippen LogP contribution is -2.43. The molecule has 0 amide bonds. The van der Waals surface area contributed by atoms with Gasteiger partial charge in [0.05, 0.1) is 6.10 Å². The van der Waals surface area contributed by atoms with Gasteiger partial charge in [-0.25, -0.2) is 0 Å². The van der Waals surface area contributed by atoms with Gasteiger partial charge >= 0.3 is 0 Å². The van der Waals surface area contributed by atoms with Crippen molar-refractivity contribution >= 4 is 0 Å². The molecule has 2 N–H and O–H groups in total. The highest BCUT2D eigenvalue weighted by atomic mass is 16.3. The summed E-state index contributed by atoms with van der Waals surface area (Å²) in [6.07, 6.45) is 7.27. The Labute approximate surface area is 68.0 Å². The summed E-state index contributed by atoms with van der Waals surface area (Å²) in [4.78, 5) is 0. The molecule has 11 heavy (non-hydrogen) atoms. The molecule has 0 aromatic rings. The van der Waals surface area contributed by atoms with Gasteiger partial charge in [0, 0.05) is 12.1 Å². The molecule has 2 fully saturated rings. The fourth-order valence-corrected chi connectivity index (χ4v) is 1.86. The number of hydrogen-bond acceptors (Lipinski definition) is 2. The van der Waals surface area contributed by atoms with Gasteiger partial charge in [-0.1, -0.05) is 12.8 Å². The second-order valence-electron chi connectivity index (χ2n) is 3.90. The first-order valence-electron chi connectivity index (χ1n) is 4.80. The zero-order valence-electron chi connectivity index (χ0n) is 6.92. The van der Waals surface area contributed by atoms with Crippen molar-refractivity contribution in [2.24, 2.45) is 0 Å². The van der Waals surface area contributed by atoms with Gasteiger partial charge in [0.25, 0.3) is 0 Å². The number of aliphatic hydroxyl groups is 1. The average Bonchev–Trinajstić information content (AvgIpc) is 2.78. The summed E-state index contributed by atoms with van der Waals surface area (Å²) in [6.45, 7) is 0. The summed E-state index contributed by atoms with van der Waals surface area (Å²) in [5, 5.41) is 13.1. The molecular weight excluding hydrogens is 138 g/mol. The first-order chi connectivity index (χ1) is 5.36. The molecule has 0 aliphatic heterocycles. The number of rotatable bonds is 2. The fraction of sp³-hybridized carbons (Fsp3) is 1.00. The molecular formula is C9H17NO. The second kappa shape index (κ2) is 3.11. The highest BCUT2D eigenvalue weighted by Gasteiger charge is 2.29. The summed E-state index contributed by atoms with van der Waals surface area (Å²) < 4.78 is 0. The molecule has 0 bridgehead atoms. The van der Waals surface area contributed by atoms with Gasteiger partial charge in [-0.15, -0.1) is 0 Å². The maximum atomic E-state index is 9.58. The third-order valence-electron chi connectivity index (χ3n) is 2.76. The van der Waals surface area contributed by atoms with Crippen LogP contribution in [0.1, 0.15) is 38.5 Å². The van der Waals surface area contributed by atoms with Gasteiger partial charge in [-0.05, 0) is 25.7 Å². The molecule has 2 nitrogen and oxygen atoms in total. The molecule has 64 valence electrons. The molecule has 0 saturated heterocycles. The molecule has 0 heterocycles. The van der Waals surface area contributed by atoms with Gasteiger partial charge < -0.3 is 10.4 Å². The lowest BCUT2D eigenvalue weighted by molar-refractivity contribution is 0.0901. The van der Waals surface area contributed by atoms with Gasteiger partial charge in [0.15, 0.2) is 0 Å². The van der Waals surface area contributed by atoms with Gasteiger partial charge in [0.1, 0.15) is 0 Å². The second-order valence-corrected chi connectivity index (χ2v) is 3.90. The van der Waals surface area contributed by atoms with Gasteiger partial charge in [0.2, 0.25) is 0 Å². The van der Waals surface area contributed by atoms with E-state index in [1.165, 1.54) is 32.1 Å². The fourth-order valence-electron chi connectivity index (χ4n) is 1.86. The van der Waals surface area contributed by atoms with E-state index < -0.39 is 0 Å². The smallest absolute Gasteiger partial charge is 0.0693 e. The molecule has 2 aliphatic carbocycles. The molecule has 2 heteroatoms. The van der Waals surface area contributed by atoms with Crippen LogP contribution in [0, 0.1) is 0 Å². The molecule has 0 aromatic carbocycles. The molecule has 2 saturated carbocycles. The Bertz CT molecular complexity index is 134. The van der Waals surface area contributed by atoms with E-state index in [1.54, 1.807) is 0 Å². The van der Waals surface area contributed by atoms with Crippen LogP contribution in [0.5, 0.6) is 0 Å². The van der Waals surface area contributed by atoms with Crippen LogP contribution in [0.25, 0.3) is 0 Å². The summed E-state index contributed by atoms with van der Waals surface area (Å²) in [5.41, 5.74) is 0. The van der Waals surface area contributed by atoms with Crippen molar-refractivity contribution in [1.82, 2.24) is 5.32 Å². The number of nitrogens with one attached hydrogen (secondary N) is 1. The topological polar surface area (TPSA) is 32.3 Å². The summed E-state index contributed by atoms with van der Waals surface area (Å²) in [7, 11) is 0. The standard InChI is InChI=1S/C9H17NO/c11-9-4-2-1-3-8(9)10-7-5-6-7/h7-11H,1-6H2. The first-order valence-corrected chi connectivity index (χ1v) is 4.80. The van der Waals surface area contributed by atoms with Crippen LogP contribution in [0.15, 0.2) is 0 Å². The Morgan fingerprint density at radius 1 is 1.00 bits per heavy atom. The predicted molar refractivity (Wildman–Crippen MR) is 44.4 cm³/mol. The quantitative estimate of drug-likeness (QED) is 0.624. The van der Waals surface area contributed by atoms with E-state index in [9.17, 15) is 5.11 Å². The third-order valence-corrected chi connectivity index (χ3v) is 2.76. The normalized spacial score (nSPS) is 39.0. The van der Waals surface area contributed by atoms with Crippen molar-refractivity contribution in [1.29, 1.82) is 0 Å². The monoisotopic (exact) mass is 155 g/mol. The van der Waals surface area contributed by atoms with E-state index in [-0.39, 0.29) is 6.10 Å². The van der Waals surface area contributed by atoms with Crippen molar-refractivity contribution < 1.29 is 5.11 Å². The first kappa shape index (κ1) is 7.56. The average molecular weight is 155 g/mol. The van der Waals surface area contributed by atoms with Gasteiger partial charge in [-0.3, -0.25) is 0 Å². The summed E-state index contributed by atoms with van der Waals surface area (Å²) in [5.74, 6) is 0. The molecule has 2 rings (SSSR count). The van der Waals surface area contributed by atoms with Crippen LogP contribution >= 0.6 is 0 Å². The Morgan fingerprint density at radius 2 is 1.73 bits per heavy atom. The van der Waals surface area contributed by atoms with Crippen LogP contribution in [0.2, 0.25) is 0 Å². The molecule has 0 radical (unpaired) electrons. The minimum absolute atomic E-state index is 0.0654. The maximum absolute atomic E-state index is 9.58. The minimum atomic E-state index is -0.0654. The van der Waals surface area contributed by atoms with Crippen LogP contribution in [-0.2, 0) is 0 Å². The van der Waals surface area contributed by atoms with Gasteiger partial charge in [-0.2, -0.15) is 0 Å². The molecule has 2 atom stereocenters. The van der Waals surface area contributed by atoms with E-state index in [2.05, 4.69) is 5.32 Å². The van der Waals surface area contributed by atoms with Crippen molar-refractivity contribution in [3.8, 4) is 0 Å². The van der Waals surface area contributed by atoms with Crippen molar-refractivity contribution in [2.75, 3.05) is 0 Å². The van der Waals surface area contributed by atoms with Crippen molar-refractivity contribution in [2.45, 2.75) is 56.7 Å². The lowest BCUT2D eigenvalue weighted by Gasteiger charge is -2.28. The van der Waals surface area contributed by atoms with E-state index >= 15 is 0 Å². The molecule has 2 unspecified atom stereocenters. The predicted octanol–water partition coefficient (Wildman–Crippen LogP) is 1.04. The molecule has 0 spiro atoms. The number of hydrogen-bond donors (Lipinski definition) is 2. The van der Waals surface area contributed by atoms with Crippen LogP contribution in [0.4, 0.5) is 0 Å². The Morgan fingerprint density at radius 3 is 2.36 bits per heavy atom. The molecule has 2 aliphatic rings. The lowest BCUT2D eigenvalue weighted by atomic mass is 9.92. The Kier molecular flexibility index (Phi) is 2.14. The Hall–Kier alpha value is -0.0800. The largest absolute Gasteiger partial charge is 0.392 e. The highest BCUT2D eigenvalue weighted by Crippen LogP contribution is 2.24. The Balaban J connectivity index is 1.78. The highest BCUT2D eigenvalue weighted by molar-refractivity contribution is 4.89. The maximum Gasteiger partial charge on any atom is 0.0693 e. The SMILES string of the molecule is OC1CCCCC1NC1CC1. The van der Waals surface area contributed by atoms with E-state index in [0.29, 0.717) is 6.04 Å². The third kappa shape index (κ3) is 1.94. The minimum Gasteiger partial charge on any atom is -0.392 e. The summed E-state index contributed by atoms with van der Waals surface area (Å²) in [6, 6.07) is 1.16. The summed E-state index contributed by atoms with van der Waals surface area (Å²) >= 11 is 0.